The van der Waals surface area contributed by atoms with E-state index in [1.807, 2.05) is 6.07 Å². The van der Waals surface area contributed by atoms with Gasteiger partial charge in [0.05, 0.1) is 23.0 Å². The van der Waals surface area contributed by atoms with Crippen molar-refractivity contribution >= 4 is 23.1 Å². The lowest BCUT2D eigenvalue weighted by atomic mass is 10.1. The Morgan fingerprint density at radius 1 is 1.17 bits per heavy atom. The van der Waals surface area contributed by atoms with E-state index in [1.54, 1.807) is 36.4 Å². The fourth-order valence-corrected chi connectivity index (χ4v) is 2.88. The zero-order chi connectivity index (χ0) is 21.1. The molecule has 0 aliphatic heterocycles. The van der Waals surface area contributed by atoms with Gasteiger partial charge in [0.1, 0.15) is 23.3 Å². The van der Waals surface area contributed by atoms with Gasteiger partial charge < -0.3 is 0 Å². The van der Waals surface area contributed by atoms with E-state index in [1.165, 1.54) is 12.3 Å². The molecule has 4 aromatic rings. The van der Waals surface area contributed by atoms with Gasteiger partial charge >= 0.3 is 0 Å². The molecule has 0 radical (unpaired) electrons. The highest BCUT2D eigenvalue weighted by Crippen LogP contribution is 2.22. The lowest BCUT2D eigenvalue weighted by molar-refractivity contribution is 0.588. The second-order valence-corrected chi connectivity index (χ2v) is 6.14. The van der Waals surface area contributed by atoms with Crippen LogP contribution in [0.15, 0.2) is 64.6 Å². The third-order valence-corrected chi connectivity index (χ3v) is 4.27. The number of nitrogens with one attached hydrogen (secondary N) is 2. The predicted molar refractivity (Wildman–Crippen MR) is 108 cm³/mol. The molecule has 9 heteroatoms. The standard InChI is InChI=1S/C21H12F2N6O/c22-16-9-17-13(7-4-8-25-17)18(23)15(16)11-26-29-21-27-19(12-5-2-1-3-6-12)14(10-24)20(30)28-21/h1-9,11H,(H2,27,28,29,30). The molecule has 0 saturated carbocycles. The number of nitrogens with zero attached hydrogens (tertiary/aromatic N) is 4. The molecule has 4 rings (SSSR count). The highest BCUT2D eigenvalue weighted by Gasteiger charge is 2.14. The molecule has 0 bridgehead atoms. The summed E-state index contributed by atoms with van der Waals surface area (Å²) in [5.41, 5.74) is 2.15. The van der Waals surface area contributed by atoms with Crippen molar-refractivity contribution in [3.05, 3.63) is 87.8 Å². The van der Waals surface area contributed by atoms with E-state index in [9.17, 15) is 18.8 Å². The van der Waals surface area contributed by atoms with Crippen LogP contribution in [-0.4, -0.2) is 21.2 Å². The summed E-state index contributed by atoms with van der Waals surface area (Å²) < 4.78 is 28.8. The number of hydrogen-bond acceptors (Lipinski definition) is 6. The van der Waals surface area contributed by atoms with Crippen LogP contribution in [0.2, 0.25) is 0 Å². The Kier molecular flexibility index (Phi) is 4.97. The number of anilines is 1. The number of benzene rings is 2. The summed E-state index contributed by atoms with van der Waals surface area (Å²) in [6.45, 7) is 0. The first kappa shape index (κ1) is 18.9. The summed E-state index contributed by atoms with van der Waals surface area (Å²) in [4.78, 5) is 22.7. The minimum absolute atomic E-state index is 0.0858. The predicted octanol–water partition coefficient (Wildman–Crippen LogP) is 3.58. The van der Waals surface area contributed by atoms with Gasteiger partial charge in [-0.1, -0.05) is 30.3 Å². The second-order valence-electron chi connectivity index (χ2n) is 6.14. The topological polar surface area (TPSA) is 107 Å². The van der Waals surface area contributed by atoms with E-state index in [0.29, 0.717) is 5.56 Å². The third kappa shape index (κ3) is 3.49. The van der Waals surface area contributed by atoms with Crippen LogP contribution in [0.3, 0.4) is 0 Å². The molecule has 0 aliphatic carbocycles. The molecule has 146 valence electrons. The van der Waals surface area contributed by atoms with Gasteiger partial charge in [0, 0.05) is 23.2 Å². The van der Waals surface area contributed by atoms with Crippen LogP contribution in [0.5, 0.6) is 0 Å². The van der Waals surface area contributed by atoms with E-state index in [0.717, 1.165) is 12.3 Å². The number of rotatable bonds is 4. The average Bonchev–Trinajstić information content (AvgIpc) is 2.76. The molecule has 0 unspecified atom stereocenters. The number of fused-ring (bicyclic) bond motifs is 1. The number of hydrazone groups is 1. The zero-order valence-electron chi connectivity index (χ0n) is 15.2. The van der Waals surface area contributed by atoms with Gasteiger partial charge in [-0.05, 0) is 12.1 Å². The van der Waals surface area contributed by atoms with Gasteiger partial charge in [-0.3, -0.25) is 14.8 Å². The van der Waals surface area contributed by atoms with Crippen LogP contribution < -0.4 is 11.0 Å². The summed E-state index contributed by atoms with van der Waals surface area (Å²) in [6.07, 6.45) is 2.38. The van der Waals surface area contributed by atoms with Gasteiger partial charge in [0.2, 0.25) is 5.95 Å². The lowest BCUT2D eigenvalue weighted by Gasteiger charge is -2.06. The number of aromatic amines is 1. The molecule has 30 heavy (non-hydrogen) atoms. The second kappa shape index (κ2) is 7.89. The SMILES string of the molecule is N#Cc1c(-c2ccccc2)nc(NN=Cc2c(F)cc3ncccc3c2F)[nH]c1=O. The van der Waals surface area contributed by atoms with Crippen LogP contribution in [0.1, 0.15) is 11.1 Å². The molecule has 2 aromatic carbocycles. The molecule has 0 amide bonds. The Bertz CT molecular complexity index is 1380. The monoisotopic (exact) mass is 402 g/mol. The van der Waals surface area contributed by atoms with Crippen molar-refractivity contribution in [2.75, 3.05) is 5.43 Å². The van der Waals surface area contributed by atoms with Crippen molar-refractivity contribution in [1.82, 2.24) is 15.0 Å². The fourth-order valence-electron chi connectivity index (χ4n) is 2.88. The first-order valence-electron chi connectivity index (χ1n) is 8.70. The Labute approximate surface area is 168 Å². The Morgan fingerprint density at radius 3 is 2.73 bits per heavy atom. The Morgan fingerprint density at radius 2 is 1.97 bits per heavy atom. The van der Waals surface area contributed by atoms with Gasteiger partial charge in [-0.15, -0.1) is 0 Å². The van der Waals surface area contributed by atoms with Crippen LogP contribution in [-0.2, 0) is 0 Å². The van der Waals surface area contributed by atoms with Crippen LogP contribution in [0.25, 0.3) is 22.2 Å². The van der Waals surface area contributed by atoms with Crippen LogP contribution in [0, 0.1) is 23.0 Å². The highest BCUT2D eigenvalue weighted by molar-refractivity contribution is 5.90. The number of hydrogen-bond donors (Lipinski definition) is 2. The van der Waals surface area contributed by atoms with E-state index in [2.05, 4.69) is 25.5 Å². The summed E-state index contributed by atoms with van der Waals surface area (Å²) in [7, 11) is 0. The minimum atomic E-state index is -0.837. The Balaban J connectivity index is 1.69. The molecule has 2 aromatic heterocycles. The average molecular weight is 402 g/mol. The van der Waals surface area contributed by atoms with Crippen molar-refractivity contribution < 1.29 is 8.78 Å². The third-order valence-electron chi connectivity index (χ3n) is 4.27. The molecular weight excluding hydrogens is 390 g/mol. The van der Waals surface area contributed by atoms with Crippen molar-refractivity contribution in [2.24, 2.45) is 5.10 Å². The number of H-pyrrole nitrogens is 1. The molecule has 2 N–H and O–H groups in total. The highest BCUT2D eigenvalue weighted by atomic mass is 19.1. The maximum Gasteiger partial charge on any atom is 0.270 e. The first-order valence-corrected chi connectivity index (χ1v) is 8.70. The molecule has 0 aliphatic rings. The largest absolute Gasteiger partial charge is 0.290 e. The summed E-state index contributed by atoms with van der Waals surface area (Å²) in [5.74, 6) is -1.73. The van der Waals surface area contributed by atoms with Crippen molar-refractivity contribution in [1.29, 1.82) is 5.26 Å². The molecule has 7 nitrogen and oxygen atoms in total. The molecular formula is C21H12F2N6O. The van der Waals surface area contributed by atoms with Crippen LogP contribution in [0.4, 0.5) is 14.7 Å². The van der Waals surface area contributed by atoms with Gasteiger partial charge in [0.15, 0.2) is 0 Å². The van der Waals surface area contributed by atoms with E-state index < -0.39 is 17.2 Å². The number of pyridine rings is 1. The summed E-state index contributed by atoms with van der Waals surface area (Å²) in [5, 5.41) is 13.2. The van der Waals surface area contributed by atoms with Crippen molar-refractivity contribution in [3.8, 4) is 17.3 Å². The summed E-state index contributed by atoms with van der Waals surface area (Å²) in [6, 6.07) is 14.6. The van der Waals surface area contributed by atoms with Crippen molar-refractivity contribution in [2.45, 2.75) is 0 Å². The van der Waals surface area contributed by atoms with Crippen molar-refractivity contribution in [3.63, 3.8) is 0 Å². The van der Waals surface area contributed by atoms with E-state index in [4.69, 9.17) is 0 Å². The van der Waals surface area contributed by atoms with E-state index in [-0.39, 0.29) is 33.7 Å². The minimum Gasteiger partial charge on any atom is -0.290 e. The first-order chi connectivity index (χ1) is 14.6. The maximum absolute atomic E-state index is 14.6. The number of halogens is 2. The zero-order valence-corrected chi connectivity index (χ0v) is 15.2. The fraction of sp³-hybridized carbons (Fsp3) is 0. The molecule has 0 fully saturated rings. The number of nitriles is 1. The molecule has 0 spiro atoms. The molecule has 0 saturated heterocycles. The van der Waals surface area contributed by atoms with E-state index >= 15 is 0 Å². The lowest BCUT2D eigenvalue weighted by Crippen LogP contribution is -2.16. The van der Waals surface area contributed by atoms with Gasteiger partial charge in [-0.2, -0.15) is 10.4 Å². The normalized spacial score (nSPS) is 11.0. The Hall–Kier alpha value is -4.45. The molecule has 0 atom stereocenters. The maximum atomic E-state index is 14.6. The number of aromatic nitrogens is 3. The van der Waals surface area contributed by atoms with Crippen LogP contribution >= 0.6 is 0 Å². The van der Waals surface area contributed by atoms with Gasteiger partial charge in [0.25, 0.3) is 5.56 Å². The van der Waals surface area contributed by atoms with Gasteiger partial charge in [-0.25, -0.2) is 19.2 Å². The smallest absolute Gasteiger partial charge is 0.270 e. The quantitative estimate of drug-likeness (QED) is 0.401. The summed E-state index contributed by atoms with van der Waals surface area (Å²) >= 11 is 0. The molecule has 2 heterocycles.